The summed E-state index contributed by atoms with van der Waals surface area (Å²) in [7, 11) is 0. The van der Waals surface area contributed by atoms with E-state index in [4.69, 9.17) is 4.74 Å². The van der Waals surface area contributed by atoms with Crippen molar-refractivity contribution < 1.29 is 23.9 Å². The highest BCUT2D eigenvalue weighted by molar-refractivity contribution is 6.07. The molecule has 1 spiro atoms. The molecule has 1 N–H and O–H groups in total. The number of ether oxygens (including phenoxy) is 1. The topological polar surface area (TPSA) is 109 Å². The second-order valence-electron chi connectivity index (χ2n) is 7.66. The minimum Gasteiger partial charge on any atom is -0.466 e. The molecule has 9 heteroatoms. The molecule has 0 aromatic carbocycles. The van der Waals surface area contributed by atoms with Gasteiger partial charge in [0.05, 0.1) is 13.0 Å². The quantitative estimate of drug-likeness (QED) is 0.484. The molecule has 2 heterocycles. The zero-order chi connectivity index (χ0) is 21.6. The smallest absolute Gasteiger partial charge is 0.325 e. The van der Waals surface area contributed by atoms with E-state index < -0.39 is 11.6 Å². The molecule has 1 aromatic rings. The van der Waals surface area contributed by atoms with E-state index in [-0.39, 0.29) is 56.9 Å². The van der Waals surface area contributed by atoms with Crippen molar-refractivity contribution in [2.75, 3.05) is 19.7 Å². The van der Waals surface area contributed by atoms with Gasteiger partial charge >= 0.3 is 12.0 Å². The first-order chi connectivity index (χ1) is 14.4. The van der Waals surface area contributed by atoms with Gasteiger partial charge < -0.3 is 15.0 Å². The number of rotatable bonds is 9. The molecular weight excluding hydrogens is 388 g/mol. The van der Waals surface area contributed by atoms with Gasteiger partial charge in [-0.15, -0.1) is 0 Å². The van der Waals surface area contributed by atoms with Gasteiger partial charge in [-0.1, -0.05) is 18.9 Å². The molecule has 0 atom stereocenters. The normalized spacial score (nSPS) is 17.3. The highest BCUT2D eigenvalue weighted by Gasteiger charge is 2.52. The zero-order valence-electron chi connectivity index (χ0n) is 17.3. The first kappa shape index (κ1) is 21.7. The first-order valence-electron chi connectivity index (χ1n) is 10.4. The summed E-state index contributed by atoms with van der Waals surface area (Å²) in [6, 6.07) is 3.19. The molecule has 1 aliphatic carbocycles. The number of carbonyl (C=O) groups excluding carboxylic acids is 4. The van der Waals surface area contributed by atoms with Crippen LogP contribution in [-0.4, -0.2) is 63.8 Å². The Balaban J connectivity index is 1.61. The number of pyridine rings is 1. The minimum atomic E-state index is -0.778. The Hall–Kier alpha value is -2.97. The van der Waals surface area contributed by atoms with Crippen molar-refractivity contribution in [3.63, 3.8) is 0 Å². The van der Waals surface area contributed by atoms with Crippen LogP contribution in [0.3, 0.4) is 0 Å². The lowest BCUT2D eigenvalue weighted by Gasteiger charge is -2.24. The van der Waals surface area contributed by atoms with Gasteiger partial charge in [0, 0.05) is 38.4 Å². The van der Waals surface area contributed by atoms with Crippen molar-refractivity contribution in [2.45, 2.75) is 57.5 Å². The predicted octanol–water partition coefficient (Wildman–Crippen LogP) is 1.62. The van der Waals surface area contributed by atoms with Crippen molar-refractivity contribution >= 4 is 23.8 Å². The standard InChI is InChI=1S/C21H28N4O5/c1-2-30-18(27)8-12-24(15-16-6-5-11-22-14-16)17(26)7-13-25-19(28)21(23-20(25)29)9-3-4-10-21/h5-6,11,14H,2-4,7-10,12-13,15H2,1H3,(H,23,29). The van der Waals surface area contributed by atoms with Crippen LogP contribution in [-0.2, 0) is 25.7 Å². The molecule has 1 saturated heterocycles. The molecular formula is C21H28N4O5. The number of carbonyl (C=O) groups is 4. The number of aromatic nitrogens is 1. The van der Waals surface area contributed by atoms with Crippen LogP contribution in [0.4, 0.5) is 4.79 Å². The summed E-state index contributed by atoms with van der Waals surface area (Å²) < 4.78 is 4.95. The Morgan fingerprint density at radius 2 is 2.03 bits per heavy atom. The Kier molecular flexibility index (Phi) is 7.02. The number of imide groups is 1. The molecule has 0 bridgehead atoms. The largest absolute Gasteiger partial charge is 0.466 e. The predicted molar refractivity (Wildman–Crippen MR) is 107 cm³/mol. The molecule has 2 aliphatic rings. The number of nitrogens with one attached hydrogen (secondary N) is 1. The van der Waals surface area contributed by atoms with E-state index in [2.05, 4.69) is 10.3 Å². The second kappa shape index (κ2) is 9.69. The monoisotopic (exact) mass is 416 g/mol. The number of urea groups is 1. The Bertz CT molecular complexity index is 792. The van der Waals surface area contributed by atoms with Gasteiger partial charge in [-0.2, -0.15) is 0 Å². The van der Waals surface area contributed by atoms with Crippen LogP contribution in [0.2, 0.25) is 0 Å². The Morgan fingerprint density at radius 1 is 1.27 bits per heavy atom. The van der Waals surface area contributed by atoms with Crippen molar-refractivity contribution in [3.05, 3.63) is 30.1 Å². The molecule has 30 heavy (non-hydrogen) atoms. The third kappa shape index (κ3) is 4.95. The van der Waals surface area contributed by atoms with Crippen LogP contribution in [0, 0.1) is 0 Å². The summed E-state index contributed by atoms with van der Waals surface area (Å²) in [5.74, 6) is -0.849. The van der Waals surface area contributed by atoms with Crippen LogP contribution in [0.1, 0.15) is 51.0 Å². The van der Waals surface area contributed by atoms with Crippen LogP contribution in [0.15, 0.2) is 24.5 Å². The molecule has 0 unspecified atom stereocenters. The molecule has 1 saturated carbocycles. The van der Waals surface area contributed by atoms with Crippen LogP contribution >= 0.6 is 0 Å². The summed E-state index contributed by atoms with van der Waals surface area (Å²) in [4.78, 5) is 56.4. The summed E-state index contributed by atoms with van der Waals surface area (Å²) in [5, 5.41) is 2.82. The average Bonchev–Trinajstić information content (AvgIpc) is 3.29. The third-order valence-electron chi connectivity index (χ3n) is 5.59. The number of esters is 1. The fourth-order valence-corrected chi connectivity index (χ4v) is 4.03. The van der Waals surface area contributed by atoms with Gasteiger partial charge in [0.25, 0.3) is 5.91 Å². The lowest BCUT2D eigenvalue weighted by molar-refractivity contribution is -0.144. The summed E-state index contributed by atoms with van der Waals surface area (Å²) in [6.07, 6.45) is 6.49. The fourth-order valence-electron chi connectivity index (χ4n) is 4.03. The SMILES string of the molecule is CCOC(=O)CCN(Cc1cccnc1)C(=O)CCN1C(=O)NC2(CCCC2)C1=O. The molecule has 9 nitrogen and oxygen atoms in total. The van der Waals surface area contributed by atoms with Gasteiger partial charge in [-0.25, -0.2) is 4.79 Å². The van der Waals surface area contributed by atoms with E-state index in [0.29, 0.717) is 12.8 Å². The summed E-state index contributed by atoms with van der Waals surface area (Å²) in [6.45, 7) is 2.51. The average molecular weight is 416 g/mol. The molecule has 4 amide bonds. The van der Waals surface area contributed by atoms with E-state index in [1.54, 1.807) is 25.4 Å². The molecule has 162 valence electrons. The Labute approximate surface area is 175 Å². The zero-order valence-corrected chi connectivity index (χ0v) is 17.3. The highest BCUT2D eigenvalue weighted by atomic mass is 16.5. The van der Waals surface area contributed by atoms with Gasteiger partial charge in [0.15, 0.2) is 0 Å². The number of nitrogens with zero attached hydrogens (tertiary/aromatic N) is 3. The summed E-state index contributed by atoms with van der Waals surface area (Å²) >= 11 is 0. The number of hydrogen-bond acceptors (Lipinski definition) is 6. The van der Waals surface area contributed by atoms with Gasteiger partial charge in [0.2, 0.25) is 5.91 Å². The molecule has 2 fully saturated rings. The molecule has 1 aliphatic heterocycles. The van der Waals surface area contributed by atoms with E-state index in [1.165, 1.54) is 4.90 Å². The van der Waals surface area contributed by atoms with Crippen molar-refractivity contribution in [1.82, 2.24) is 20.1 Å². The van der Waals surface area contributed by atoms with Gasteiger partial charge in [-0.05, 0) is 31.4 Å². The molecule has 3 rings (SSSR count). The fraction of sp³-hybridized carbons (Fsp3) is 0.571. The number of amides is 4. The maximum atomic E-state index is 12.9. The van der Waals surface area contributed by atoms with E-state index in [0.717, 1.165) is 23.3 Å². The lowest BCUT2D eigenvalue weighted by Crippen LogP contribution is -2.44. The Morgan fingerprint density at radius 3 is 2.70 bits per heavy atom. The second-order valence-corrected chi connectivity index (χ2v) is 7.66. The van der Waals surface area contributed by atoms with Crippen molar-refractivity contribution in [1.29, 1.82) is 0 Å². The maximum Gasteiger partial charge on any atom is 0.325 e. The van der Waals surface area contributed by atoms with Crippen LogP contribution in [0.25, 0.3) is 0 Å². The third-order valence-corrected chi connectivity index (χ3v) is 5.59. The van der Waals surface area contributed by atoms with Gasteiger partial charge in [-0.3, -0.25) is 24.3 Å². The molecule has 1 aromatic heterocycles. The van der Waals surface area contributed by atoms with E-state index in [9.17, 15) is 19.2 Å². The van der Waals surface area contributed by atoms with Crippen molar-refractivity contribution in [3.8, 4) is 0 Å². The van der Waals surface area contributed by atoms with Crippen molar-refractivity contribution in [2.24, 2.45) is 0 Å². The van der Waals surface area contributed by atoms with Crippen LogP contribution in [0.5, 0.6) is 0 Å². The number of hydrogen-bond donors (Lipinski definition) is 1. The highest BCUT2D eigenvalue weighted by Crippen LogP contribution is 2.35. The molecule has 0 radical (unpaired) electrons. The minimum absolute atomic E-state index is 0.00166. The van der Waals surface area contributed by atoms with E-state index >= 15 is 0 Å². The van der Waals surface area contributed by atoms with Crippen LogP contribution < -0.4 is 5.32 Å². The maximum absolute atomic E-state index is 12.9. The summed E-state index contributed by atoms with van der Waals surface area (Å²) in [5.41, 5.74) is 0.0500. The first-order valence-corrected chi connectivity index (χ1v) is 10.4. The van der Waals surface area contributed by atoms with E-state index in [1.807, 2.05) is 6.07 Å². The van der Waals surface area contributed by atoms with Gasteiger partial charge in [0.1, 0.15) is 5.54 Å². The lowest BCUT2D eigenvalue weighted by atomic mass is 9.98.